The maximum atomic E-state index is 14.2. The van der Waals surface area contributed by atoms with E-state index in [9.17, 15) is 39.2 Å². The lowest BCUT2D eigenvalue weighted by Crippen LogP contribution is -2.17. The lowest BCUT2D eigenvalue weighted by atomic mass is 10.1. The highest BCUT2D eigenvalue weighted by atomic mass is 32.2. The van der Waals surface area contributed by atoms with Gasteiger partial charge in [0.25, 0.3) is 10.0 Å². The number of halogens is 7. The molecule has 0 spiro atoms. The van der Waals surface area contributed by atoms with Gasteiger partial charge in [0.15, 0.2) is 11.5 Å². The Bertz CT molecular complexity index is 985. The van der Waals surface area contributed by atoms with E-state index in [-0.39, 0.29) is 29.7 Å². The molecule has 2 aromatic carbocycles. The van der Waals surface area contributed by atoms with Gasteiger partial charge in [0.1, 0.15) is 10.7 Å². The van der Waals surface area contributed by atoms with E-state index in [2.05, 4.69) is 0 Å². The quantitative estimate of drug-likeness (QED) is 0.676. The Labute approximate surface area is 160 Å². The molecule has 2 rings (SSSR count). The summed E-state index contributed by atoms with van der Waals surface area (Å²) in [4.78, 5) is -1.07. The van der Waals surface area contributed by atoms with Crippen LogP contribution < -0.4 is 14.2 Å². The third kappa shape index (κ3) is 5.02. The van der Waals surface area contributed by atoms with Crippen LogP contribution in [0.2, 0.25) is 0 Å². The van der Waals surface area contributed by atoms with Crippen molar-refractivity contribution in [3.8, 4) is 11.5 Å². The Morgan fingerprint density at radius 2 is 1.24 bits per heavy atom. The molecule has 0 radical (unpaired) electrons. The monoisotopic (exact) mass is 447 g/mol. The van der Waals surface area contributed by atoms with Crippen LogP contribution in [0.25, 0.3) is 0 Å². The van der Waals surface area contributed by atoms with E-state index in [1.165, 1.54) is 4.72 Å². The summed E-state index contributed by atoms with van der Waals surface area (Å²) in [5.41, 5.74) is -4.53. The molecule has 0 heterocycles. The smallest absolute Gasteiger partial charge is 0.416 e. The normalized spacial score (nSPS) is 12.6. The summed E-state index contributed by atoms with van der Waals surface area (Å²) >= 11 is 0. The first-order valence-electron chi connectivity index (χ1n) is 7.43. The Hall–Kier alpha value is -2.70. The largest absolute Gasteiger partial charge is 0.493 e. The number of anilines is 1. The van der Waals surface area contributed by atoms with Crippen molar-refractivity contribution >= 4 is 15.7 Å². The number of ether oxygens (including phenoxy) is 2. The van der Waals surface area contributed by atoms with Crippen LogP contribution in [0.1, 0.15) is 11.1 Å². The summed E-state index contributed by atoms with van der Waals surface area (Å²) in [6.07, 6.45) is -10.4. The molecule has 0 saturated carbocycles. The van der Waals surface area contributed by atoms with E-state index < -0.39 is 49.9 Å². The van der Waals surface area contributed by atoms with Crippen LogP contribution >= 0.6 is 0 Å². The van der Waals surface area contributed by atoms with Crippen molar-refractivity contribution in [3.63, 3.8) is 0 Å². The molecule has 0 saturated heterocycles. The van der Waals surface area contributed by atoms with Gasteiger partial charge in [0, 0.05) is 12.1 Å². The highest BCUT2D eigenvalue weighted by Gasteiger charge is 2.37. The summed E-state index contributed by atoms with van der Waals surface area (Å²) in [6, 6.07) is 1.46. The second-order valence-electron chi connectivity index (χ2n) is 5.54. The third-order valence-electron chi connectivity index (χ3n) is 3.57. The van der Waals surface area contributed by atoms with E-state index in [0.29, 0.717) is 12.1 Å². The molecule has 0 fully saturated rings. The number of alkyl halides is 6. The van der Waals surface area contributed by atoms with E-state index in [1.807, 2.05) is 0 Å². The maximum absolute atomic E-state index is 14.2. The Balaban J connectivity index is 2.58. The average Bonchev–Trinajstić information content (AvgIpc) is 2.59. The summed E-state index contributed by atoms with van der Waals surface area (Å²) in [5, 5.41) is 0. The molecule has 0 unspecified atom stereocenters. The van der Waals surface area contributed by atoms with Crippen LogP contribution in [0.3, 0.4) is 0 Å². The molecule has 2 aromatic rings. The van der Waals surface area contributed by atoms with Crippen LogP contribution in [0.15, 0.2) is 35.2 Å². The fourth-order valence-electron chi connectivity index (χ4n) is 2.27. The first-order chi connectivity index (χ1) is 13.2. The van der Waals surface area contributed by atoms with Gasteiger partial charge in [-0.25, -0.2) is 12.8 Å². The average molecular weight is 447 g/mol. The topological polar surface area (TPSA) is 64.6 Å². The van der Waals surface area contributed by atoms with Crippen molar-refractivity contribution < 1.29 is 48.6 Å². The van der Waals surface area contributed by atoms with Crippen LogP contribution in [-0.4, -0.2) is 22.6 Å². The standard InChI is InChI=1S/C16H12F7NO4S/c1-27-12-6-11(17)14(7-13(12)28-2)29(25,26)24-10-4-8(15(18,19)20)3-9(5-10)16(21,22)23/h3-7,24H,1-2H3. The molecule has 5 nitrogen and oxygen atoms in total. The highest BCUT2D eigenvalue weighted by molar-refractivity contribution is 7.92. The van der Waals surface area contributed by atoms with Crippen molar-refractivity contribution in [2.24, 2.45) is 0 Å². The first-order valence-corrected chi connectivity index (χ1v) is 8.91. The molecular weight excluding hydrogens is 435 g/mol. The van der Waals surface area contributed by atoms with Gasteiger partial charge in [-0.3, -0.25) is 4.72 Å². The summed E-state index contributed by atoms with van der Waals surface area (Å²) in [7, 11) is -2.66. The van der Waals surface area contributed by atoms with Crippen molar-refractivity contribution in [3.05, 3.63) is 47.3 Å². The van der Waals surface area contributed by atoms with Crippen LogP contribution in [0.5, 0.6) is 11.5 Å². The van der Waals surface area contributed by atoms with Gasteiger partial charge < -0.3 is 9.47 Å². The van der Waals surface area contributed by atoms with Gasteiger partial charge >= 0.3 is 12.4 Å². The van der Waals surface area contributed by atoms with E-state index in [4.69, 9.17) is 9.47 Å². The van der Waals surface area contributed by atoms with Gasteiger partial charge in [-0.05, 0) is 18.2 Å². The van der Waals surface area contributed by atoms with E-state index in [0.717, 1.165) is 14.2 Å². The van der Waals surface area contributed by atoms with Gasteiger partial charge in [0.05, 0.1) is 31.0 Å². The van der Waals surface area contributed by atoms with Crippen molar-refractivity contribution in [2.75, 3.05) is 18.9 Å². The molecular formula is C16H12F7NO4S. The molecule has 0 bridgehead atoms. The van der Waals surface area contributed by atoms with E-state index in [1.54, 1.807) is 0 Å². The van der Waals surface area contributed by atoms with Crippen molar-refractivity contribution in [1.29, 1.82) is 0 Å². The molecule has 0 aliphatic carbocycles. The first kappa shape index (κ1) is 22.6. The minimum absolute atomic E-state index is 0.158. The molecule has 1 N–H and O–H groups in total. The number of rotatable bonds is 5. The number of nitrogens with one attached hydrogen (secondary N) is 1. The number of benzene rings is 2. The molecule has 29 heavy (non-hydrogen) atoms. The number of hydrogen-bond acceptors (Lipinski definition) is 4. The molecule has 160 valence electrons. The number of hydrogen-bond donors (Lipinski definition) is 1. The van der Waals surface area contributed by atoms with Gasteiger partial charge in [0.2, 0.25) is 0 Å². The molecule has 0 aliphatic rings. The van der Waals surface area contributed by atoms with Crippen LogP contribution in [0, 0.1) is 5.82 Å². The predicted octanol–water partition coefficient (Wildman–Crippen LogP) is 4.68. The Morgan fingerprint density at radius 1 is 0.793 bits per heavy atom. The van der Waals surface area contributed by atoms with Crippen molar-refractivity contribution in [2.45, 2.75) is 17.2 Å². The zero-order valence-electron chi connectivity index (χ0n) is 14.6. The fourth-order valence-corrected chi connectivity index (χ4v) is 3.38. The lowest BCUT2D eigenvalue weighted by molar-refractivity contribution is -0.143. The minimum Gasteiger partial charge on any atom is -0.493 e. The predicted molar refractivity (Wildman–Crippen MR) is 86.8 cm³/mol. The lowest BCUT2D eigenvalue weighted by Gasteiger charge is -2.16. The second-order valence-corrected chi connectivity index (χ2v) is 7.19. The Morgan fingerprint density at radius 3 is 1.66 bits per heavy atom. The SMILES string of the molecule is COc1cc(F)c(S(=O)(=O)Nc2cc(C(F)(F)F)cc(C(F)(F)F)c2)cc1OC. The molecule has 13 heteroatoms. The molecule has 0 atom stereocenters. The van der Waals surface area contributed by atoms with E-state index >= 15 is 0 Å². The second kappa shape index (κ2) is 7.61. The zero-order chi connectivity index (χ0) is 22.2. The van der Waals surface area contributed by atoms with Gasteiger partial charge in [-0.15, -0.1) is 0 Å². The molecule has 0 aromatic heterocycles. The summed E-state index contributed by atoms with van der Waals surface area (Å²) in [6.45, 7) is 0. The fraction of sp³-hybridized carbons (Fsp3) is 0.250. The number of methoxy groups -OCH3 is 2. The summed E-state index contributed by atoms with van der Waals surface area (Å²) < 4.78 is 128. The minimum atomic E-state index is -5.18. The van der Waals surface area contributed by atoms with Crippen LogP contribution in [0.4, 0.5) is 36.4 Å². The van der Waals surface area contributed by atoms with Crippen LogP contribution in [-0.2, 0) is 22.4 Å². The maximum Gasteiger partial charge on any atom is 0.416 e. The highest BCUT2D eigenvalue weighted by Crippen LogP contribution is 2.38. The molecule has 0 amide bonds. The number of sulfonamides is 1. The Kier molecular flexibility index (Phi) is 5.93. The summed E-state index contributed by atoms with van der Waals surface area (Å²) in [5.74, 6) is -1.77. The zero-order valence-corrected chi connectivity index (χ0v) is 15.4. The molecule has 0 aliphatic heterocycles. The van der Waals surface area contributed by atoms with Gasteiger partial charge in [-0.2, -0.15) is 26.3 Å². The van der Waals surface area contributed by atoms with Gasteiger partial charge in [-0.1, -0.05) is 0 Å². The third-order valence-corrected chi connectivity index (χ3v) is 4.96. The van der Waals surface area contributed by atoms with Crippen molar-refractivity contribution in [1.82, 2.24) is 0 Å².